The fourth-order valence-corrected chi connectivity index (χ4v) is 6.74. The molecule has 0 bridgehead atoms. The molecule has 0 amide bonds. The van der Waals surface area contributed by atoms with E-state index in [0.717, 1.165) is 51.4 Å². The molecule has 0 rings (SSSR count). The van der Waals surface area contributed by atoms with Crippen molar-refractivity contribution in [2.45, 2.75) is 162 Å². The third kappa shape index (κ3) is 26.8. The zero-order valence-electron chi connectivity index (χ0n) is 30.1. The van der Waals surface area contributed by atoms with E-state index < -0.39 is 11.9 Å². The van der Waals surface area contributed by atoms with Crippen molar-refractivity contribution in [2.75, 3.05) is 0 Å². The molecule has 1 radical (unpaired) electrons. The van der Waals surface area contributed by atoms with Crippen LogP contribution < -0.4 is 0 Å². The van der Waals surface area contributed by atoms with Crippen molar-refractivity contribution in [3.63, 3.8) is 0 Å². The van der Waals surface area contributed by atoms with Crippen LogP contribution in [0, 0.1) is 57.2 Å². The van der Waals surface area contributed by atoms with Crippen LogP contribution in [0.5, 0.6) is 0 Å². The van der Waals surface area contributed by atoms with Gasteiger partial charge in [-0.1, -0.05) is 111 Å². The van der Waals surface area contributed by atoms with Crippen molar-refractivity contribution in [3.05, 3.63) is 0 Å². The van der Waals surface area contributed by atoms with E-state index in [-0.39, 0.29) is 51.6 Å². The second kappa shape index (κ2) is 19.0. The first-order valence-electron chi connectivity index (χ1n) is 16.1. The molecule has 4 nitrogen and oxygen atoms in total. The molecular weight excluding hydrogens is 560 g/mol. The molecule has 0 aliphatic rings. The molecule has 0 aliphatic carbocycles. The summed E-state index contributed by atoms with van der Waals surface area (Å²) in [4.78, 5) is 23.0. The maximum absolute atomic E-state index is 11.5. The molecule has 251 valence electrons. The first kappa shape index (κ1) is 44.9. The average molecular weight is 633 g/mol. The summed E-state index contributed by atoms with van der Waals surface area (Å²) in [7, 11) is 0. The first-order valence-corrected chi connectivity index (χ1v) is 16.1. The third-order valence-corrected chi connectivity index (χ3v) is 7.74. The molecule has 0 aliphatic heterocycles. The van der Waals surface area contributed by atoms with Gasteiger partial charge < -0.3 is 10.2 Å². The van der Waals surface area contributed by atoms with Crippen LogP contribution in [0.4, 0.5) is 0 Å². The second-order valence-corrected chi connectivity index (χ2v) is 18.3. The number of carboxylic acid groups (broad SMARTS) is 2. The smallest absolute Gasteiger partial charge is 0.306 e. The van der Waals surface area contributed by atoms with E-state index >= 15 is 0 Å². The van der Waals surface area contributed by atoms with Crippen molar-refractivity contribution < 1.29 is 36.9 Å². The predicted molar refractivity (Wildman–Crippen MR) is 174 cm³/mol. The van der Waals surface area contributed by atoms with E-state index in [1.807, 2.05) is 0 Å². The molecule has 5 heteroatoms. The molecule has 41 heavy (non-hydrogen) atoms. The Morgan fingerprint density at radius 2 is 0.683 bits per heavy atom. The van der Waals surface area contributed by atoms with Crippen LogP contribution in [-0.2, 0) is 26.7 Å². The monoisotopic (exact) mass is 631 g/mol. The van der Waals surface area contributed by atoms with Gasteiger partial charge >= 0.3 is 11.9 Å². The van der Waals surface area contributed by atoms with Gasteiger partial charge in [-0.15, -0.1) is 0 Å². The predicted octanol–water partition coefficient (Wildman–Crippen LogP) is 11.2. The minimum absolute atomic E-state index is 0. The van der Waals surface area contributed by atoms with Gasteiger partial charge in [0.1, 0.15) is 0 Å². The van der Waals surface area contributed by atoms with E-state index in [1.54, 1.807) is 0 Å². The molecule has 0 heterocycles. The molecule has 0 aromatic carbocycles. The Balaban J connectivity index is -0.000000688. The molecule has 6 unspecified atom stereocenters. The van der Waals surface area contributed by atoms with Crippen LogP contribution >= 0.6 is 0 Å². The molecule has 0 saturated carbocycles. The topological polar surface area (TPSA) is 74.6 Å². The Morgan fingerprint density at radius 1 is 0.463 bits per heavy atom. The van der Waals surface area contributed by atoms with Gasteiger partial charge in [-0.05, 0) is 96.7 Å². The van der Waals surface area contributed by atoms with Gasteiger partial charge in [-0.25, -0.2) is 0 Å². The summed E-state index contributed by atoms with van der Waals surface area (Å²) in [5.41, 5.74) is 1.05. The Hall–Kier alpha value is -0.541. The zero-order chi connectivity index (χ0) is 32.3. The van der Waals surface area contributed by atoms with Crippen molar-refractivity contribution in [1.82, 2.24) is 0 Å². The molecule has 6 atom stereocenters. The van der Waals surface area contributed by atoms with Gasteiger partial charge in [-0.3, -0.25) is 9.59 Å². The van der Waals surface area contributed by atoms with E-state index in [9.17, 15) is 19.8 Å². The number of hydrogen-bond acceptors (Lipinski definition) is 2. The van der Waals surface area contributed by atoms with Crippen molar-refractivity contribution >= 4 is 11.9 Å². The molecule has 2 N–H and O–H groups in total. The quantitative estimate of drug-likeness (QED) is 0.187. The summed E-state index contributed by atoms with van der Waals surface area (Å²) < 4.78 is 0. The summed E-state index contributed by atoms with van der Waals surface area (Å²) in [6, 6.07) is 0. The van der Waals surface area contributed by atoms with Gasteiger partial charge in [0.15, 0.2) is 0 Å². The van der Waals surface area contributed by atoms with Crippen molar-refractivity contribution in [3.8, 4) is 0 Å². The largest absolute Gasteiger partial charge is 0.481 e. The molecule has 0 saturated heterocycles. The minimum Gasteiger partial charge on any atom is -0.481 e. The summed E-state index contributed by atoms with van der Waals surface area (Å²) in [6.45, 7) is 35.3. The van der Waals surface area contributed by atoms with Gasteiger partial charge in [0.25, 0.3) is 0 Å². The number of aliphatic carboxylic acids is 2. The van der Waals surface area contributed by atoms with Crippen LogP contribution in [0.25, 0.3) is 0 Å². The maximum Gasteiger partial charge on any atom is 0.306 e. The number of carboxylic acids is 2. The first-order chi connectivity index (χ1) is 17.6. The summed E-state index contributed by atoms with van der Waals surface area (Å²) in [6.07, 6.45) is 7.91. The maximum atomic E-state index is 11.5. The van der Waals surface area contributed by atoms with Crippen molar-refractivity contribution in [1.29, 1.82) is 0 Å². The molecule has 0 spiro atoms. The standard InChI is InChI=1S/2C18H36O2.Cu/c2*1-13(11-17(3,4)5)9-10-15(16(19)20)14(2)12-18(6,7)8;/h2*13-15H,9-12H2,1-8H3,(H,19,20);. The van der Waals surface area contributed by atoms with Crippen molar-refractivity contribution in [2.24, 2.45) is 57.2 Å². The fraction of sp³-hybridized carbons (Fsp3) is 0.944. The molecular formula is C36H72CuO4. The molecule has 0 aromatic rings. The minimum atomic E-state index is -0.621. The summed E-state index contributed by atoms with van der Waals surface area (Å²) in [5.74, 6) is 0.0451. The van der Waals surface area contributed by atoms with Gasteiger partial charge in [-0.2, -0.15) is 0 Å². The zero-order valence-corrected chi connectivity index (χ0v) is 31.1. The number of hydrogen-bond donors (Lipinski definition) is 2. The number of rotatable bonds is 14. The van der Waals surface area contributed by atoms with Crippen LogP contribution in [-0.4, -0.2) is 22.2 Å². The van der Waals surface area contributed by atoms with Crippen LogP contribution in [0.1, 0.15) is 162 Å². The van der Waals surface area contributed by atoms with Gasteiger partial charge in [0, 0.05) is 17.1 Å². The second-order valence-electron chi connectivity index (χ2n) is 18.3. The summed E-state index contributed by atoms with van der Waals surface area (Å²) in [5, 5.41) is 19.0. The van der Waals surface area contributed by atoms with E-state index in [2.05, 4.69) is 111 Å². The Bertz CT molecular complexity index is 656. The Morgan fingerprint density at radius 3 is 0.854 bits per heavy atom. The molecule has 0 aromatic heterocycles. The Labute approximate surface area is 267 Å². The average Bonchev–Trinajstić information content (AvgIpc) is 2.62. The number of carbonyl (C=O) groups is 2. The van der Waals surface area contributed by atoms with Gasteiger partial charge in [0.05, 0.1) is 11.8 Å². The Kier molecular flexibility index (Phi) is 20.8. The van der Waals surface area contributed by atoms with Crippen LogP contribution in [0.15, 0.2) is 0 Å². The van der Waals surface area contributed by atoms with Crippen LogP contribution in [0.3, 0.4) is 0 Å². The van der Waals surface area contributed by atoms with E-state index in [0.29, 0.717) is 22.7 Å². The normalized spacial score (nSPS) is 17.2. The SMILES string of the molecule is CC(CCC(C(=O)O)C(C)CC(C)(C)C)CC(C)(C)C.CC(CCC(C(=O)O)C(C)CC(C)(C)C)CC(C)(C)C.[Cu]. The molecule has 0 fully saturated rings. The van der Waals surface area contributed by atoms with E-state index in [1.165, 1.54) is 0 Å². The van der Waals surface area contributed by atoms with Gasteiger partial charge in [0.2, 0.25) is 0 Å². The fourth-order valence-electron chi connectivity index (χ4n) is 6.74. The summed E-state index contributed by atoms with van der Waals surface area (Å²) >= 11 is 0. The van der Waals surface area contributed by atoms with Crippen LogP contribution in [0.2, 0.25) is 0 Å². The third-order valence-electron chi connectivity index (χ3n) is 7.74. The van der Waals surface area contributed by atoms with E-state index in [4.69, 9.17) is 0 Å².